The fraction of sp³-hybridized carbons (Fsp3) is 0.500. The number of rotatable bonds is 6. The van der Waals surface area contributed by atoms with Crippen LogP contribution in [0.15, 0.2) is 30.3 Å². The van der Waals surface area contributed by atoms with Crippen LogP contribution in [0, 0.1) is 0 Å². The Morgan fingerprint density at radius 1 is 1.41 bits per heavy atom. The molecule has 1 aliphatic rings. The van der Waals surface area contributed by atoms with E-state index in [1.165, 1.54) is 5.56 Å². The van der Waals surface area contributed by atoms with Gasteiger partial charge in [-0.1, -0.05) is 37.3 Å². The summed E-state index contributed by atoms with van der Waals surface area (Å²) in [5.74, 6) is -0.730. The van der Waals surface area contributed by atoms with Gasteiger partial charge >= 0.3 is 5.97 Å². The molecule has 1 saturated carbocycles. The van der Waals surface area contributed by atoms with Crippen LogP contribution in [0.4, 0.5) is 0 Å². The Morgan fingerprint density at radius 3 is 2.53 bits per heavy atom. The van der Waals surface area contributed by atoms with Crippen LogP contribution in [0.2, 0.25) is 0 Å². The third-order valence-corrected chi connectivity index (χ3v) is 3.31. The van der Waals surface area contributed by atoms with Crippen molar-refractivity contribution in [2.75, 3.05) is 6.54 Å². The number of hydrogen-bond acceptors (Lipinski definition) is 2. The quantitative estimate of drug-likeness (QED) is 0.821. The smallest absolute Gasteiger partial charge is 0.317 e. The Balaban J connectivity index is 2.17. The zero-order chi connectivity index (χ0) is 12.3. The molecule has 1 aliphatic carbocycles. The number of carboxylic acid groups (broad SMARTS) is 1. The topological polar surface area (TPSA) is 40.5 Å². The molecule has 1 atom stereocenters. The number of carbonyl (C=O) groups is 1. The highest BCUT2D eigenvalue weighted by atomic mass is 16.4. The predicted octanol–water partition coefficient (Wildman–Crippen LogP) is 2.69. The third kappa shape index (κ3) is 3.07. The molecule has 92 valence electrons. The lowest BCUT2D eigenvalue weighted by Gasteiger charge is -2.30. The maximum absolute atomic E-state index is 11.0. The second-order valence-electron chi connectivity index (χ2n) is 4.63. The Labute approximate surface area is 102 Å². The van der Waals surface area contributed by atoms with Crippen molar-refractivity contribution in [3.05, 3.63) is 35.9 Å². The van der Waals surface area contributed by atoms with Crippen LogP contribution in [0.5, 0.6) is 0 Å². The average Bonchev–Trinajstić information content (AvgIpc) is 3.13. The minimum atomic E-state index is -0.730. The molecule has 0 bridgehead atoms. The Bertz CT molecular complexity index is 373. The van der Waals surface area contributed by atoms with Gasteiger partial charge in [0.15, 0.2) is 0 Å². The SMILES string of the molecule is CCC(c1ccccc1)N(CC(=O)O)C1CC1. The van der Waals surface area contributed by atoms with Crippen LogP contribution in [0.25, 0.3) is 0 Å². The van der Waals surface area contributed by atoms with E-state index in [1.54, 1.807) is 0 Å². The molecule has 3 nitrogen and oxygen atoms in total. The number of benzene rings is 1. The fourth-order valence-corrected chi connectivity index (χ4v) is 2.39. The van der Waals surface area contributed by atoms with Crippen LogP contribution in [-0.2, 0) is 4.79 Å². The van der Waals surface area contributed by atoms with E-state index < -0.39 is 5.97 Å². The molecule has 3 heteroatoms. The van der Waals surface area contributed by atoms with E-state index in [0.29, 0.717) is 6.04 Å². The maximum atomic E-state index is 11.0. The van der Waals surface area contributed by atoms with Crippen molar-refractivity contribution in [3.63, 3.8) is 0 Å². The molecule has 0 heterocycles. The molecule has 0 aromatic heterocycles. The standard InChI is InChI=1S/C14H19NO2/c1-2-13(11-6-4-3-5-7-11)15(10-14(16)17)12-8-9-12/h3-7,12-13H,2,8-10H2,1H3,(H,16,17). The van der Waals surface area contributed by atoms with Gasteiger partial charge in [0.1, 0.15) is 0 Å². The lowest BCUT2D eigenvalue weighted by molar-refractivity contribution is -0.139. The molecule has 1 fully saturated rings. The zero-order valence-corrected chi connectivity index (χ0v) is 10.2. The molecule has 1 unspecified atom stereocenters. The summed E-state index contributed by atoms with van der Waals surface area (Å²) in [6.45, 7) is 2.27. The van der Waals surface area contributed by atoms with Gasteiger partial charge in [0.2, 0.25) is 0 Å². The first kappa shape index (κ1) is 12.1. The molecule has 2 rings (SSSR count). The van der Waals surface area contributed by atoms with Gasteiger partial charge in [-0.2, -0.15) is 0 Å². The van der Waals surface area contributed by atoms with Crippen LogP contribution < -0.4 is 0 Å². The lowest BCUT2D eigenvalue weighted by Crippen LogP contribution is -2.35. The van der Waals surface area contributed by atoms with E-state index in [1.807, 2.05) is 18.2 Å². The van der Waals surface area contributed by atoms with Crippen molar-refractivity contribution in [1.82, 2.24) is 4.90 Å². The van der Waals surface area contributed by atoms with Crippen molar-refractivity contribution in [3.8, 4) is 0 Å². The van der Waals surface area contributed by atoms with Gasteiger partial charge in [-0.15, -0.1) is 0 Å². The van der Waals surface area contributed by atoms with E-state index in [2.05, 4.69) is 24.0 Å². The van der Waals surface area contributed by atoms with E-state index in [4.69, 9.17) is 5.11 Å². The number of hydrogen-bond donors (Lipinski definition) is 1. The summed E-state index contributed by atoms with van der Waals surface area (Å²) in [5, 5.41) is 9.01. The third-order valence-electron chi connectivity index (χ3n) is 3.31. The minimum Gasteiger partial charge on any atom is -0.480 e. The molecule has 0 saturated heterocycles. The Hall–Kier alpha value is -1.35. The fourth-order valence-electron chi connectivity index (χ4n) is 2.39. The summed E-state index contributed by atoms with van der Waals surface area (Å²) >= 11 is 0. The number of nitrogens with zero attached hydrogens (tertiary/aromatic N) is 1. The van der Waals surface area contributed by atoms with Crippen molar-refractivity contribution in [2.24, 2.45) is 0 Å². The zero-order valence-electron chi connectivity index (χ0n) is 10.2. The van der Waals surface area contributed by atoms with Gasteiger partial charge in [-0.25, -0.2) is 0 Å². The van der Waals surface area contributed by atoms with Gasteiger partial charge in [-0.05, 0) is 24.8 Å². The van der Waals surface area contributed by atoms with Crippen LogP contribution in [-0.4, -0.2) is 28.6 Å². The predicted molar refractivity (Wildman–Crippen MR) is 66.8 cm³/mol. The molecule has 1 aromatic carbocycles. The minimum absolute atomic E-state index is 0.151. The molecule has 0 amide bonds. The van der Waals surface area contributed by atoms with Crippen molar-refractivity contribution < 1.29 is 9.90 Å². The average molecular weight is 233 g/mol. The largest absolute Gasteiger partial charge is 0.480 e. The molecule has 0 radical (unpaired) electrons. The monoisotopic (exact) mass is 233 g/mol. The highest BCUT2D eigenvalue weighted by Gasteiger charge is 2.34. The number of carboxylic acids is 1. The second kappa shape index (κ2) is 5.32. The van der Waals surface area contributed by atoms with Gasteiger partial charge in [-0.3, -0.25) is 9.69 Å². The van der Waals surface area contributed by atoms with Gasteiger partial charge in [0.05, 0.1) is 6.54 Å². The van der Waals surface area contributed by atoms with E-state index in [-0.39, 0.29) is 12.6 Å². The van der Waals surface area contributed by atoms with Crippen molar-refractivity contribution >= 4 is 5.97 Å². The second-order valence-corrected chi connectivity index (χ2v) is 4.63. The molecule has 17 heavy (non-hydrogen) atoms. The molecule has 0 aliphatic heterocycles. The van der Waals surface area contributed by atoms with E-state index in [0.717, 1.165) is 19.3 Å². The summed E-state index contributed by atoms with van der Waals surface area (Å²) in [6, 6.07) is 10.9. The summed E-state index contributed by atoms with van der Waals surface area (Å²) in [5.41, 5.74) is 1.23. The molecule has 1 N–H and O–H groups in total. The van der Waals surface area contributed by atoms with E-state index >= 15 is 0 Å². The van der Waals surface area contributed by atoms with Crippen molar-refractivity contribution in [2.45, 2.75) is 38.3 Å². The lowest BCUT2D eigenvalue weighted by atomic mass is 10.0. The molecule has 0 spiro atoms. The first-order valence-electron chi connectivity index (χ1n) is 6.25. The van der Waals surface area contributed by atoms with Gasteiger partial charge in [0.25, 0.3) is 0 Å². The van der Waals surface area contributed by atoms with E-state index in [9.17, 15) is 4.79 Å². The Kier molecular flexibility index (Phi) is 3.79. The van der Waals surface area contributed by atoms with Crippen molar-refractivity contribution in [1.29, 1.82) is 0 Å². The summed E-state index contributed by atoms with van der Waals surface area (Å²) in [4.78, 5) is 13.1. The first-order valence-corrected chi connectivity index (χ1v) is 6.25. The highest BCUT2D eigenvalue weighted by molar-refractivity contribution is 5.69. The summed E-state index contributed by atoms with van der Waals surface area (Å²) < 4.78 is 0. The normalized spacial score (nSPS) is 17.1. The van der Waals surface area contributed by atoms with Crippen LogP contribution in [0.3, 0.4) is 0 Å². The van der Waals surface area contributed by atoms with Gasteiger partial charge in [0, 0.05) is 12.1 Å². The van der Waals surface area contributed by atoms with Crippen LogP contribution >= 0.6 is 0 Å². The molecule has 1 aromatic rings. The molecular formula is C14H19NO2. The highest BCUT2D eigenvalue weighted by Crippen LogP contribution is 2.35. The van der Waals surface area contributed by atoms with Gasteiger partial charge < -0.3 is 5.11 Å². The Morgan fingerprint density at radius 2 is 2.06 bits per heavy atom. The maximum Gasteiger partial charge on any atom is 0.317 e. The van der Waals surface area contributed by atoms with Crippen LogP contribution in [0.1, 0.15) is 37.8 Å². The first-order chi connectivity index (χ1) is 8.22. The summed E-state index contributed by atoms with van der Waals surface area (Å²) in [6.07, 6.45) is 3.22. The molecular weight excluding hydrogens is 214 g/mol. The number of aliphatic carboxylic acids is 1. The summed E-state index contributed by atoms with van der Waals surface area (Å²) in [7, 11) is 0.